The summed E-state index contributed by atoms with van der Waals surface area (Å²) in [6, 6.07) is 11.1. The number of fused-ring (bicyclic) bond motifs is 1. The van der Waals surface area contributed by atoms with E-state index in [1.165, 1.54) is 0 Å². The second-order valence-electron chi connectivity index (χ2n) is 4.24. The van der Waals surface area contributed by atoms with Gasteiger partial charge >= 0.3 is 0 Å². The van der Waals surface area contributed by atoms with Crippen molar-refractivity contribution in [2.45, 2.75) is 12.8 Å². The molecule has 0 aliphatic carbocycles. The first kappa shape index (κ1) is 12.7. The molecule has 0 aliphatic heterocycles. The van der Waals surface area contributed by atoms with Gasteiger partial charge in [-0.2, -0.15) is 0 Å². The Balaban J connectivity index is 1.67. The van der Waals surface area contributed by atoms with Crippen LogP contribution in [0.3, 0.4) is 0 Å². The van der Waals surface area contributed by atoms with Gasteiger partial charge in [0.25, 0.3) is 0 Å². The predicted molar refractivity (Wildman–Crippen MR) is 78.5 cm³/mol. The Morgan fingerprint density at radius 2 is 2.15 bits per heavy atom. The molecular weight excluding hydrogens is 272 g/mol. The van der Waals surface area contributed by atoms with Crippen molar-refractivity contribution < 1.29 is 4.42 Å². The van der Waals surface area contributed by atoms with Gasteiger partial charge in [0.15, 0.2) is 11.5 Å². The molecule has 1 aromatic carbocycles. The van der Waals surface area contributed by atoms with E-state index in [0.29, 0.717) is 29.3 Å². The molecule has 0 amide bonds. The van der Waals surface area contributed by atoms with Crippen LogP contribution >= 0.6 is 11.6 Å². The number of halogens is 1. The largest absolute Gasteiger partial charge is 0.441 e. The molecule has 2 aromatic heterocycles. The first-order chi connectivity index (χ1) is 9.81. The van der Waals surface area contributed by atoms with Crippen LogP contribution in [0.2, 0.25) is 5.02 Å². The average Bonchev–Trinajstić information content (AvgIpc) is 2.86. The molecule has 3 aromatic rings. The van der Waals surface area contributed by atoms with Crippen LogP contribution in [0.1, 0.15) is 18.0 Å². The van der Waals surface area contributed by atoms with Crippen molar-refractivity contribution >= 4 is 22.7 Å². The smallest absolute Gasteiger partial charge is 0.196 e. The van der Waals surface area contributed by atoms with E-state index in [1.54, 1.807) is 18.3 Å². The Kier molecular flexibility index (Phi) is 3.67. The fourth-order valence-electron chi connectivity index (χ4n) is 1.81. The minimum atomic E-state index is 0.648. The van der Waals surface area contributed by atoms with Crippen LogP contribution in [0.25, 0.3) is 11.1 Å². The van der Waals surface area contributed by atoms with Gasteiger partial charge in [0, 0.05) is 30.1 Å². The summed E-state index contributed by atoms with van der Waals surface area (Å²) in [5.41, 5.74) is 2.31. The zero-order valence-electron chi connectivity index (χ0n) is 10.6. The lowest BCUT2D eigenvalue weighted by Gasteiger charge is -1.88. The number of oxazole rings is 1. The normalized spacial score (nSPS) is 10.2. The lowest BCUT2D eigenvalue weighted by molar-refractivity contribution is 0.531. The van der Waals surface area contributed by atoms with E-state index in [2.05, 4.69) is 21.8 Å². The Bertz CT molecular complexity index is 784. The van der Waals surface area contributed by atoms with E-state index in [0.717, 1.165) is 11.2 Å². The fourth-order valence-corrected chi connectivity index (χ4v) is 1.97. The molecule has 20 heavy (non-hydrogen) atoms. The number of pyridine rings is 1. The van der Waals surface area contributed by atoms with E-state index in [9.17, 15) is 0 Å². The number of aryl methyl sites for hydroxylation is 1. The van der Waals surface area contributed by atoms with Crippen molar-refractivity contribution in [3.8, 4) is 11.8 Å². The summed E-state index contributed by atoms with van der Waals surface area (Å²) in [5.74, 6) is 6.75. The number of benzene rings is 1. The zero-order valence-corrected chi connectivity index (χ0v) is 11.4. The number of hydrogen-bond donors (Lipinski definition) is 0. The number of hydrogen-bond acceptors (Lipinski definition) is 3. The van der Waals surface area contributed by atoms with Crippen LogP contribution in [0.15, 0.2) is 47.0 Å². The Morgan fingerprint density at radius 3 is 3.00 bits per heavy atom. The highest BCUT2D eigenvalue weighted by atomic mass is 35.5. The molecule has 3 rings (SSSR count). The molecule has 0 spiro atoms. The third-order valence-corrected chi connectivity index (χ3v) is 2.98. The maximum absolute atomic E-state index is 5.91. The van der Waals surface area contributed by atoms with Crippen LogP contribution < -0.4 is 0 Å². The number of rotatable bonds is 2. The SMILES string of the molecule is Clc1ccc2nc(CCC#Cc3ccccn3)oc2c1. The van der Waals surface area contributed by atoms with Gasteiger partial charge in [-0.05, 0) is 30.2 Å². The molecule has 98 valence electrons. The lowest BCUT2D eigenvalue weighted by atomic mass is 10.3. The molecule has 3 nitrogen and oxygen atoms in total. The second-order valence-corrected chi connectivity index (χ2v) is 4.67. The number of nitrogens with zero attached hydrogens (tertiary/aromatic N) is 2. The van der Waals surface area contributed by atoms with Gasteiger partial charge in [-0.1, -0.05) is 23.6 Å². The topological polar surface area (TPSA) is 38.9 Å². The minimum absolute atomic E-state index is 0.648. The third-order valence-electron chi connectivity index (χ3n) is 2.74. The molecule has 0 radical (unpaired) electrons. The Morgan fingerprint density at radius 1 is 1.20 bits per heavy atom. The quantitative estimate of drug-likeness (QED) is 0.670. The van der Waals surface area contributed by atoms with Crippen molar-refractivity contribution in [2.75, 3.05) is 0 Å². The summed E-state index contributed by atoms with van der Waals surface area (Å²) in [6.45, 7) is 0. The average molecular weight is 283 g/mol. The van der Waals surface area contributed by atoms with Gasteiger partial charge in [-0.15, -0.1) is 0 Å². The third kappa shape index (κ3) is 2.98. The second kappa shape index (κ2) is 5.77. The van der Waals surface area contributed by atoms with Crippen LogP contribution in [-0.2, 0) is 6.42 Å². The van der Waals surface area contributed by atoms with E-state index >= 15 is 0 Å². The number of aromatic nitrogens is 2. The molecule has 0 aliphatic rings. The van der Waals surface area contributed by atoms with Crippen LogP contribution in [0.5, 0.6) is 0 Å². The molecule has 0 fully saturated rings. The van der Waals surface area contributed by atoms with Crippen molar-refractivity contribution in [2.24, 2.45) is 0 Å². The lowest BCUT2D eigenvalue weighted by Crippen LogP contribution is -1.83. The van der Waals surface area contributed by atoms with Crippen LogP contribution in [0, 0.1) is 11.8 Å². The van der Waals surface area contributed by atoms with Crippen molar-refractivity contribution in [1.82, 2.24) is 9.97 Å². The van der Waals surface area contributed by atoms with Gasteiger partial charge in [-0.25, -0.2) is 9.97 Å². The summed E-state index contributed by atoms with van der Waals surface area (Å²) in [5, 5.41) is 0.648. The molecular formula is C16H11ClN2O. The Hall–Kier alpha value is -2.31. The molecule has 0 bridgehead atoms. The van der Waals surface area contributed by atoms with Gasteiger partial charge in [0.1, 0.15) is 11.2 Å². The van der Waals surface area contributed by atoms with Crippen LogP contribution in [0.4, 0.5) is 0 Å². The van der Waals surface area contributed by atoms with Crippen molar-refractivity contribution in [3.63, 3.8) is 0 Å². The van der Waals surface area contributed by atoms with E-state index in [1.807, 2.05) is 24.3 Å². The minimum Gasteiger partial charge on any atom is -0.441 e. The first-order valence-corrected chi connectivity index (χ1v) is 6.64. The molecule has 0 unspecified atom stereocenters. The highest BCUT2D eigenvalue weighted by Gasteiger charge is 2.05. The fraction of sp³-hybridized carbons (Fsp3) is 0.125. The maximum atomic E-state index is 5.91. The summed E-state index contributed by atoms with van der Waals surface area (Å²) < 4.78 is 5.62. The molecule has 0 saturated heterocycles. The summed E-state index contributed by atoms with van der Waals surface area (Å²) in [6.07, 6.45) is 3.08. The summed E-state index contributed by atoms with van der Waals surface area (Å²) >= 11 is 5.91. The molecule has 2 heterocycles. The standard InChI is InChI=1S/C16H11ClN2O/c17-12-8-9-14-15(11-12)20-16(19-14)7-2-1-5-13-6-3-4-10-18-13/h3-4,6,8-11H,2,7H2. The molecule has 0 atom stereocenters. The summed E-state index contributed by atoms with van der Waals surface area (Å²) in [7, 11) is 0. The highest BCUT2D eigenvalue weighted by molar-refractivity contribution is 6.31. The first-order valence-electron chi connectivity index (χ1n) is 6.26. The van der Waals surface area contributed by atoms with E-state index in [-0.39, 0.29) is 0 Å². The van der Waals surface area contributed by atoms with Crippen molar-refractivity contribution in [3.05, 3.63) is 59.2 Å². The highest BCUT2D eigenvalue weighted by Crippen LogP contribution is 2.20. The predicted octanol–water partition coefficient (Wildman–Crippen LogP) is 3.86. The van der Waals surface area contributed by atoms with Gasteiger partial charge < -0.3 is 4.42 Å². The molecule has 4 heteroatoms. The monoisotopic (exact) mass is 282 g/mol. The maximum Gasteiger partial charge on any atom is 0.196 e. The van der Waals surface area contributed by atoms with Gasteiger partial charge in [0.05, 0.1) is 0 Å². The van der Waals surface area contributed by atoms with Gasteiger partial charge in [-0.3, -0.25) is 0 Å². The zero-order chi connectivity index (χ0) is 13.8. The van der Waals surface area contributed by atoms with E-state index in [4.69, 9.17) is 16.0 Å². The molecule has 0 saturated carbocycles. The summed E-state index contributed by atoms with van der Waals surface area (Å²) in [4.78, 5) is 8.53. The van der Waals surface area contributed by atoms with Crippen LogP contribution in [-0.4, -0.2) is 9.97 Å². The van der Waals surface area contributed by atoms with Gasteiger partial charge in [0.2, 0.25) is 0 Å². The van der Waals surface area contributed by atoms with E-state index < -0.39 is 0 Å². The Labute approximate surface area is 121 Å². The van der Waals surface area contributed by atoms with Crippen molar-refractivity contribution in [1.29, 1.82) is 0 Å². The molecule has 0 N–H and O–H groups in total.